The zero-order chi connectivity index (χ0) is 15.1. The number of amides is 1. The summed E-state index contributed by atoms with van der Waals surface area (Å²) in [5.74, 6) is 1.79. The zero-order valence-electron chi connectivity index (χ0n) is 12.0. The first kappa shape index (κ1) is 13.6. The van der Waals surface area contributed by atoms with Crippen molar-refractivity contribution in [1.82, 2.24) is 14.9 Å². The van der Waals surface area contributed by atoms with Crippen LogP contribution in [-0.2, 0) is 24.2 Å². The molecule has 6 heteroatoms. The minimum Gasteiger partial charge on any atom is -0.480 e. The quantitative estimate of drug-likeness (QED) is 0.921. The van der Waals surface area contributed by atoms with Crippen LogP contribution < -0.4 is 10.1 Å². The van der Waals surface area contributed by atoms with E-state index in [9.17, 15) is 4.79 Å². The molecule has 0 unspecified atom stereocenters. The summed E-state index contributed by atoms with van der Waals surface area (Å²) >= 11 is 5.98. The second-order valence-electron chi connectivity index (χ2n) is 5.80. The lowest BCUT2D eigenvalue weighted by Crippen LogP contribution is -2.46. The van der Waals surface area contributed by atoms with Crippen molar-refractivity contribution in [1.29, 1.82) is 0 Å². The van der Waals surface area contributed by atoms with Crippen LogP contribution in [0, 0.1) is 0 Å². The Kier molecular flexibility index (Phi) is 3.30. The number of aryl methyl sites for hydroxylation is 1. The third-order valence-electron chi connectivity index (χ3n) is 4.27. The number of carbonyl (C=O) groups excluding carboxylic acids is 1. The van der Waals surface area contributed by atoms with Gasteiger partial charge in [-0.15, -0.1) is 0 Å². The highest BCUT2D eigenvalue weighted by atomic mass is 35.5. The Bertz CT molecular complexity index is 728. The standard InChI is InChI=1S/C16H16ClN3O2/c17-11-1-3-13-10(7-11)8-14(22-13)16(21)19-12-2-4-15-18-5-6-20(15)9-12/h1,3,5-7,12,14H,2,4,8-9H2,(H,19,21)/t12-,14+/m1/s1. The lowest BCUT2D eigenvalue weighted by molar-refractivity contribution is -0.128. The van der Waals surface area contributed by atoms with Crippen molar-refractivity contribution in [2.24, 2.45) is 0 Å². The van der Waals surface area contributed by atoms with Crippen LogP contribution in [0.5, 0.6) is 5.75 Å². The van der Waals surface area contributed by atoms with E-state index in [4.69, 9.17) is 16.3 Å². The molecule has 0 fully saturated rings. The topological polar surface area (TPSA) is 56.2 Å². The summed E-state index contributed by atoms with van der Waals surface area (Å²) in [6.07, 6.45) is 5.67. The van der Waals surface area contributed by atoms with Gasteiger partial charge in [0.05, 0.1) is 0 Å². The van der Waals surface area contributed by atoms with E-state index >= 15 is 0 Å². The maximum Gasteiger partial charge on any atom is 0.261 e. The molecule has 1 amide bonds. The third-order valence-corrected chi connectivity index (χ3v) is 4.51. The van der Waals surface area contributed by atoms with Crippen molar-refractivity contribution < 1.29 is 9.53 Å². The Morgan fingerprint density at radius 3 is 3.27 bits per heavy atom. The van der Waals surface area contributed by atoms with Crippen LogP contribution >= 0.6 is 11.6 Å². The number of benzene rings is 1. The van der Waals surface area contributed by atoms with Crippen molar-refractivity contribution in [2.45, 2.75) is 38.0 Å². The summed E-state index contributed by atoms with van der Waals surface area (Å²) in [5.41, 5.74) is 0.994. The first-order valence-corrected chi connectivity index (χ1v) is 7.82. The van der Waals surface area contributed by atoms with E-state index in [1.54, 1.807) is 12.3 Å². The highest BCUT2D eigenvalue weighted by Crippen LogP contribution is 2.31. The highest BCUT2D eigenvalue weighted by molar-refractivity contribution is 6.30. The van der Waals surface area contributed by atoms with Gasteiger partial charge in [-0.05, 0) is 30.2 Å². The predicted molar refractivity (Wildman–Crippen MR) is 82.1 cm³/mol. The van der Waals surface area contributed by atoms with E-state index in [-0.39, 0.29) is 11.9 Å². The van der Waals surface area contributed by atoms with E-state index in [0.29, 0.717) is 11.4 Å². The van der Waals surface area contributed by atoms with Crippen molar-refractivity contribution in [3.8, 4) is 5.75 Å². The largest absolute Gasteiger partial charge is 0.480 e. The third kappa shape index (κ3) is 2.46. The Morgan fingerprint density at radius 1 is 1.45 bits per heavy atom. The molecule has 3 heterocycles. The maximum absolute atomic E-state index is 12.4. The van der Waals surface area contributed by atoms with E-state index in [2.05, 4.69) is 14.9 Å². The van der Waals surface area contributed by atoms with Gasteiger partial charge in [0.15, 0.2) is 6.10 Å². The van der Waals surface area contributed by atoms with Crippen LogP contribution in [0.4, 0.5) is 0 Å². The number of imidazole rings is 1. The number of fused-ring (bicyclic) bond motifs is 2. The summed E-state index contributed by atoms with van der Waals surface area (Å²) in [5, 5.41) is 3.77. The lowest BCUT2D eigenvalue weighted by atomic mass is 10.1. The van der Waals surface area contributed by atoms with Gasteiger partial charge in [0.25, 0.3) is 5.91 Å². The van der Waals surface area contributed by atoms with Gasteiger partial charge in [-0.3, -0.25) is 4.79 Å². The fourth-order valence-corrected chi connectivity index (χ4v) is 3.34. The van der Waals surface area contributed by atoms with Crippen molar-refractivity contribution >= 4 is 17.5 Å². The number of nitrogens with zero attached hydrogens (tertiary/aromatic N) is 2. The van der Waals surface area contributed by atoms with Crippen molar-refractivity contribution in [3.05, 3.63) is 47.0 Å². The summed E-state index contributed by atoms with van der Waals surface area (Å²) in [4.78, 5) is 16.7. The first-order chi connectivity index (χ1) is 10.7. The Balaban J connectivity index is 1.40. The molecule has 114 valence electrons. The molecule has 1 aromatic heterocycles. The van der Waals surface area contributed by atoms with Crippen molar-refractivity contribution in [3.63, 3.8) is 0 Å². The van der Waals surface area contributed by atoms with Crippen LogP contribution in [0.2, 0.25) is 5.02 Å². The predicted octanol–water partition coefficient (Wildman–Crippen LogP) is 1.97. The van der Waals surface area contributed by atoms with Crippen LogP contribution in [0.1, 0.15) is 17.8 Å². The molecule has 1 N–H and O–H groups in total. The molecule has 22 heavy (non-hydrogen) atoms. The average molecular weight is 318 g/mol. The highest BCUT2D eigenvalue weighted by Gasteiger charge is 2.31. The van der Waals surface area contributed by atoms with E-state index in [1.807, 2.05) is 18.3 Å². The van der Waals surface area contributed by atoms with Gasteiger partial charge in [-0.2, -0.15) is 0 Å². The van der Waals surface area contributed by atoms with Gasteiger partial charge in [0.1, 0.15) is 11.6 Å². The Labute approximate surface area is 133 Å². The fourth-order valence-electron chi connectivity index (χ4n) is 3.14. The van der Waals surface area contributed by atoms with Gasteiger partial charge >= 0.3 is 0 Å². The first-order valence-electron chi connectivity index (χ1n) is 7.44. The van der Waals surface area contributed by atoms with Crippen LogP contribution in [0.3, 0.4) is 0 Å². The molecule has 2 aromatic rings. The Morgan fingerprint density at radius 2 is 2.36 bits per heavy atom. The lowest BCUT2D eigenvalue weighted by Gasteiger charge is -2.25. The molecular formula is C16H16ClN3O2. The number of rotatable bonds is 2. The molecule has 1 aromatic carbocycles. The second kappa shape index (κ2) is 5.32. The number of hydrogen-bond acceptors (Lipinski definition) is 3. The monoisotopic (exact) mass is 317 g/mol. The fraction of sp³-hybridized carbons (Fsp3) is 0.375. The normalized spacial score (nSPS) is 22.6. The van der Waals surface area contributed by atoms with E-state index < -0.39 is 6.10 Å². The summed E-state index contributed by atoms with van der Waals surface area (Å²) in [7, 11) is 0. The number of carbonyl (C=O) groups is 1. The van der Waals surface area contributed by atoms with Crippen molar-refractivity contribution in [2.75, 3.05) is 0 Å². The number of nitrogens with one attached hydrogen (secondary N) is 1. The zero-order valence-corrected chi connectivity index (χ0v) is 12.7. The van der Waals surface area contributed by atoms with Crippen LogP contribution in [-0.4, -0.2) is 27.6 Å². The van der Waals surface area contributed by atoms with Gasteiger partial charge < -0.3 is 14.6 Å². The number of halogens is 1. The van der Waals surface area contributed by atoms with Crippen LogP contribution in [0.15, 0.2) is 30.6 Å². The van der Waals surface area contributed by atoms with Gasteiger partial charge in [-0.1, -0.05) is 11.6 Å². The molecule has 2 atom stereocenters. The second-order valence-corrected chi connectivity index (χ2v) is 6.24. The molecule has 0 spiro atoms. The molecular weight excluding hydrogens is 302 g/mol. The van der Waals surface area contributed by atoms with E-state index in [1.165, 1.54) is 0 Å². The number of aromatic nitrogens is 2. The maximum atomic E-state index is 12.4. The molecule has 2 aliphatic rings. The molecule has 0 radical (unpaired) electrons. The molecule has 0 saturated heterocycles. The Hall–Kier alpha value is -2.01. The molecule has 2 aliphatic heterocycles. The number of hydrogen-bond donors (Lipinski definition) is 1. The van der Waals surface area contributed by atoms with Crippen LogP contribution in [0.25, 0.3) is 0 Å². The average Bonchev–Trinajstić information content (AvgIpc) is 3.12. The molecule has 0 bridgehead atoms. The SMILES string of the molecule is O=C(N[C@@H]1CCc2nccn2C1)[C@@H]1Cc2cc(Cl)ccc2O1. The van der Waals surface area contributed by atoms with Gasteiger partial charge in [0.2, 0.25) is 0 Å². The van der Waals surface area contributed by atoms with Gasteiger partial charge in [-0.25, -0.2) is 4.98 Å². The minimum atomic E-state index is -0.461. The summed E-state index contributed by atoms with van der Waals surface area (Å²) in [6.45, 7) is 0.770. The van der Waals surface area contributed by atoms with E-state index in [0.717, 1.165) is 36.5 Å². The summed E-state index contributed by atoms with van der Waals surface area (Å²) < 4.78 is 7.83. The molecule has 0 aliphatic carbocycles. The summed E-state index contributed by atoms with van der Waals surface area (Å²) in [6, 6.07) is 5.60. The molecule has 0 saturated carbocycles. The smallest absolute Gasteiger partial charge is 0.261 e. The molecule has 5 nitrogen and oxygen atoms in total. The minimum absolute atomic E-state index is 0.0547. The molecule has 4 rings (SSSR count). The number of ether oxygens (including phenoxy) is 1. The van der Waals surface area contributed by atoms with Gasteiger partial charge in [0, 0.05) is 42.8 Å².